The van der Waals surface area contributed by atoms with E-state index in [4.69, 9.17) is 14.2 Å². The summed E-state index contributed by atoms with van der Waals surface area (Å²) in [6.45, 7) is 1.60. The van der Waals surface area contributed by atoms with Gasteiger partial charge in [0.1, 0.15) is 19.6 Å². The van der Waals surface area contributed by atoms with E-state index in [9.17, 15) is 0 Å². The second kappa shape index (κ2) is 3.81. The lowest BCUT2D eigenvalue weighted by Gasteiger charge is -2.38. The Hall–Kier alpha value is -0.0951. The van der Waals surface area contributed by atoms with E-state index in [1.165, 1.54) is 0 Å². The third-order valence-corrected chi connectivity index (χ3v) is 3.34. The molecule has 2 fully saturated rings. The number of methoxy groups -OCH3 is 2. The van der Waals surface area contributed by atoms with Gasteiger partial charge < -0.3 is 19.5 Å². The monoisotopic (exact) mass is 199 g/mol. The molecule has 0 spiro atoms. The van der Waals surface area contributed by atoms with E-state index in [0.717, 1.165) is 13.0 Å². The van der Waals surface area contributed by atoms with Gasteiger partial charge in [0, 0.05) is 20.2 Å². The molecular weight excluding hydrogens is 181 g/mol. The molecule has 5 heteroatoms. The Kier molecular flexibility index (Phi) is 2.84. The van der Waals surface area contributed by atoms with Crippen LogP contribution in [0.4, 0.5) is 0 Å². The molecule has 4 atom stereocenters. The van der Waals surface area contributed by atoms with Crippen LogP contribution in [-0.2, 0) is 14.2 Å². The highest BCUT2D eigenvalue weighted by Crippen LogP contribution is 2.37. The van der Waals surface area contributed by atoms with Crippen molar-refractivity contribution >= 4 is 7.85 Å². The van der Waals surface area contributed by atoms with Gasteiger partial charge >= 0.3 is 0 Å². The normalized spacial score (nSPS) is 46.9. The number of hydrogen-bond donors (Lipinski definition) is 1. The molecule has 0 saturated carbocycles. The molecule has 1 N–H and O–H groups in total. The fourth-order valence-corrected chi connectivity index (χ4v) is 2.80. The largest absolute Gasteiger partial charge is 0.382 e. The van der Waals surface area contributed by atoms with Gasteiger partial charge in [-0.15, -0.1) is 0 Å². The quantitative estimate of drug-likeness (QED) is 0.576. The number of piperidine rings is 1. The Morgan fingerprint density at radius 1 is 1.57 bits per heavy atom. The van der Waals surface area contributed by atoms with Crippen LogP contribution in [0.3, 0.4) is 0 Å². The Morgan fingerprint density at radius 3 is 3.00 bits per heavy atom. The average Bonchev–Trinajstić information content (AvgIpc) is 2.30. The van der Waals surface area contributed by atoms with Crippen molar-refractivity contribution in [1.82, 2.24) is 5.32 Å². The highest BCUT2D eigenvalue weighted by atomic mass is 16.6. The van der Waals surface area contributed by atoms with Gasteiger partial charge in [-0.25, -0.2) is 0 Å². The predicted molar refractivity (Wildman–Crippen MR) is 55.2 cm³/mol. The van der Waals surface area contributed by atoms with E-state index in [0.29, 0.717) is 12.6 Å². The molecule has 2 unspecified atom stereocenters. The molecular formula is C9H18BNO3. The second-order valence-corrected chi connectivity index (χ2v) is 4.21. The first kappa shape index (κ1) is 10.4. The van der Waals surface area contributed by atoms with Gasteiger partial charge in [0.15, 0.2) is 0 Å². The van der Waals surface area contributed by atoms with E-state index in [2.05, 4.69) is 13.2 Å². The molecule has 0 amide bonds. The lowest BCUT2D eigenvalue weighted by molar-refractivity contribution is -0.124. The first-order valence-corrected chi connectivity index (χ1v) is 5.16. The zero-order valence-corrected chi connectivity index (χ0v) is 9.08. The summed E-state index contributed by atoms with van der Waals surface area (Å²) in [6, 6.07) is 0.515. The molecule has 2 rings (SSSR count). The number of ether oxygens (including phenoxy) is 3. The van der Waals surface area contributed by atoms with Gasteiger partial charge in [0.2, 0.25) is 0 Å². The van der Waals surface area contributed by atoms with Crippen LogP contribution >= 0.6 is 0 Å². The van der Waals surface area contributed by atoms with Crippen LogP contribution in [0.15, 0.2) is 0 Å². The maximum atomic E-state index is 6.00. The predicted octanol–water partition coefficient (Wildman–Crippen LogP) is -1.26. The number of fused-ring (bicyclic) bond motifs is 2. The minimum Gasteiger partial charge on any atom is -0.382 e. The molecule has 4 nitrogen and oxygen atoms in total. The molecule has 2 saturated heterocycles. The first-order chi connectivity index (χ1) is 6.73. The van der Waals surface area contributed by atoms with Gasteiger partial charge in [-0.3, -0.25) is 0 Å². The zero-order valence-electron chi connectivity index (χ0n) is 9.08. The van der Waals surface area contributed by atoms with Crippen LogP contribution in [0.5, 0.6) is 0 Å². The Bertz CT molecular complexity index is 212. The van der Waals surface area contributed by atoms with Crippen LogP contribution in [0.2, 0.25) is 0 Å². The molecule has 0 aromatic heterocycles. The van der Waals surface area contributed by atoms with E-state index in [-0.39, 0.29) is 17.7 Å². The van der Waals surface area contributed by atoms with E-state index in [1.807, 2.05) is 0 Å². The van der Waals surface area contributed by atoms with Crippen LogP contribution in [0.1, 0.15) is 6.42 Å². The molecule has 2 heterocycles. The lowest BCUT2D eigenvalue weighted by Crippen LogP contribution is -2.58. The van der Waals surface area contributed by atoms with Crippen LogP contribution < -0.4 is 5.32 Å². The van der Waals surface area contributed by atoms with E-state index >= 15 is 0 Å². The molecule has 0 aromatic carbocycles. The maximum absolute atomic E-state index is 6.00. The van der Waals surface area contributed by atoms with Crippen molar-refractivity contribution in [3.05, 3.63) is 0 Å². The van der Waals surface area contributed by atoms with Crippen molar-refractivity contribution in [2.45, 2.75) is 30.2 Å². The highest BCUT2D eigenvalue weighted by Gasteiger charge is 2.55. The van der Waals surface area contributed by atoms with Crippen molar-refractivity contribution in [2.24, 2.45) is 0 Å². The van der Waals surface area contributed by atoms with Gasteiger partial charge in [-0.2, -0.15) is 0 Å². The summed E-state index contributed by atoms with van der Waals surface area (Å²) in [7, 11) is 5.55. The van der Waals surface area contributed by atoms with Crippen molar-refractivity contribution in [3.8, 4) is 0 Å². The highest BCUT2D eigenvalue weighted by molar-refractivity contribution is 6.11. The fourth-order valence-electron chi connectivity index (χ4n) is 2.80. The minimum atomic E-state index is -0.223. The summed E-state index contributed by atoms with van der Waals surface area (Å²) in [5.74, 6) is 0. The second-order valence-electron chi connectivity index (χ2n) is 4.21. The average molecular weight is 199 g/mol. The third-order valence-electron chi connectivity index (χ3n) is 3.34. The summed E-state index contributed by atoms with van der Waals surface area (Å²) in [4.78, 5) is 0. The van der Waals surface area contributed by atoms with Crippen molar-refractivity contribution < 1.29 is 14.2 Å². The smallest absolute Gasteiger partial charge is 0.141 e. The number of rotatable bonds is 3. The molecule has 2 aliphatic heterocycles. The Labute approximate surface area is 85.7 Å². The van der Waals surface area contributed by atoms with Crippen molar-refractivity contribution in [2.75, 3.05) is 27.4 Å². The Morgan fingerprint density at radius 2 is 2.36 bits per heavy atom. The molecule has 80 valence electrons. The summed E-state index contributed by atoms with van der Waals surface area (Å²) in [5.41, 5.74) is -0.223. The molecule has 2 bridgehead atoms. The topological polar surface area (TPSA) is 39.7 Å². The van der Waals surface area contributed by atoms with Gasteiger partial charge in [-0.1, -0.05) is 0 Å². The summed E-state index contributed by atoms with van der Waals surface area (Å²) >= 11 is 0. The molecule has 0 aromatic rings. The Balaban J connectivity index is 2.20. The van der Waals surface area contributed by atoms with Crippen molar-refractivity contribution in [1.29, 1.82) is 0 Å². The summed E-state index contributed by atoms with van der Waals surface area (Å²) in [6.07, 6.45) is 1.08. The fraction of sp³-hybridized carbons (Fsp3) is 1.00. The zero-order chi connectivity index (χ0) is 10.2. The van der Waals surface area contributed by atoms with Gasteiger partial charge in [0.05, 0.1) is 12.6 Å². The standard InChI is InChI=1S/C9H18BNO3/c1-12-5-9-3-4-11-6(7(9)13-2)8(10)14-9/h6-8,11H,3-5,10H2,1-2H3/t6?,7?,8-,9-/m1/s1. The van der Waals surface area contributed by atoms with E-state index < -0.39 is 0 Å². The SMILES string of the molecule is B[C@@H]1O[C@@]2(COC)CCNC1C2OC. The lowest BCUT2D eigenvalue weighted by atomic mass is 9.83. The van der Waals surface area contributed by atoms with E-state index in [1.54, 1.807) is 14.2 Å². The number of hydrogen-bond acceptors (Lipinski definition) is 4. The van der Waals surface area contributed by atoms with Crippen LogP contribution in [0.25, 0.3) is 0 Å². The van der Waals surface area contributed by atoms with Crippen LogP contribution in [-0.4, -0.2) is 59.0 Å². The molecule has 0 radical (unpaired) electrons. The summed E-state index contributed by atoms with van der Waals surface area (Å²) < 4.78 is 16.8. The molecule has 14 heavy (non-hydrogen) atoms. The minimum absolute atomic E-state index is 0.117. The third kappa shape index (κ3) is 1.39. The van der Waals surface area contributed by atoms with Gasteiger partial charge in [-0.05, 0) is 13.0 Å². The maximum Gasteiger partial charge on any atom is 0.141 e. The van der Waals surface area contributed by atoms with Crippen molar-refractivity contribution in [3.63, 3.8) is 0 Å². The molecule has 0 aliphatic carbocycles. The van der Waals surface area contributed by atoms with Gasteiger partial charge in [0.25, 0.3) is 0 Å². The van der Waals surface area contributed by atoms with Crippen LogP contribution in [0, 0.1) is 0 Å². The first-order valence-electron chi connectivity index (χ1n) is 5.16. The molecule has 2 aliphatic rings. The summed E-state index contributed by atoms with van der Waals surface area (Å²) in [5, 5.41) is 3.44. The number of nitrogens with one attached hydrogen (secondary N) is 1.